The lowest BCUT2D eigenvalue weighted by Crippen LogP contribution is -2.34. The Morgan fingerprint density at radius 2 is 2.00 bits per heavy atom. The third-order valence-corrected chi connectivity index (χ3v) is 4.67. The van der Waals surface area contributed by atoms with Crippen molar-refractivity contribution in [2.75, 3.05) is 39.4 Å². The average Bonchev–Trinajstić information content (AvgIpc) is 2.56. The highest BCUT2D eigenvalue weighted by Gasteiger charge is 2.16. The van der Waals surface area contributed by atoms with Gasteiger partial charge in [0.25, 0.3) is 0 Å². The highest BCUT2D eigenvalue weighted by molar-refractivity contribution is 5.47. The number of likely N-dealkylation sites (tertiary alicyclic amines) is 1. The predicted octanol–water partition coefficient (Wildman–Crippen LogP) is 2.67. The minimum Gasteiger partial charge on any atom is -0.486 e. The smallest absolute Gasteiger partial charge is 0.165 e. The maximum absolute atomic E-state index is 5.74. The van der Waals surface area contributed by atoms with Crippen molar-refractivity contribution in [1.29, 1.82) is 0 Å². The lowest BCUT2D eigenvalue weighted by molar-refractivity contribution is 0.169. The lowest BCUT2D eigenvalue weighted by atomic mass is 9.99. The van der Waals surface area contributed by atoms with Crippen LogP contribution in [-0.2, 0) is 6.54 Å². The van der Waals surface area contributed by atoms with E-state index in [9.17, 15) is 0 Å². The van der Waals surface area contributed by atoms with Crippen molar-refractivity contribution in [2.45, 2.75) is 32.7 Å². The topological polar surface area (TPSA) is 33.7 Å². The Balaban J connectivity index is 1.37. The molecule has 1 fully saturated rings. The first kappa shape index (κ1) is 15.6. The number of nitrogens with one attached hydrogen (secondary N) is 1. The highest BCUT2D eigenvalue weighted by Crippen LogP contribution is 2.33. The van der Waals surface area contributed by atoms with Gasteiger partial charge in [-0.15, -0.1) is 0 Å². The zero-order valence-corrected chi connectivity index (χ0v) is 13.6. The standard InChI is InChI=1S/C18H28N2O2/c1-15-6-10-20(11-7-15)9-3-8-19-14-16-4-2-5-17-18(16)22-13-12-21-17/h2,4-5,15,19H,3,6-14H2,1H3. The van der Waals surface area contributed by atoms with E-state index in [0.717, 1.165) is 30.5 Å². The molecule has 1 saturated heterocycles. The Morgan fingerprint density at radius 1 is 1.18 bits per heavy atom. The van der Waals surface area contributed by atoms with Gasteiger partial charge in [-0.25, -0.2) is 0 Å². The molecular weight excluding hydrogens is 276 g/mol. The number of hydrogen-bond acceptors (Lipinski definition) is 4. The summed E-state index contributed by atoms with van der Waals surface area (Å²) in [7, 11) is 0. The maximum atomic E-state index is 5.74. The number of fused-ring (bicyclic) bond motifs is 1. The first-order valence-corrected chi connectivity index (χ1v) is 8.63. The van der Waals surface area contributed by atoms with Crippen molar-refractivity contribution in [3.05, 3.63) is 23.8 Å². The summed E-state index contributed by atoms with van der Waals surface area (Å²) in [6.45, 7) is 9.34. The van der Waals surface area contributed by atoms with Gasteiger partial charge < -0.3 is 19.7 Å². The zero-order chi connectivity index (χ0) is 15.2. The van der Waals surface area contributed by atoms with Crippen LogP contribution >= 0.6 is 0 Å². The van der Waals surface area contributed by atoms with Gasteiger partial charge in [-0.05, 0) is 57.4 Å². The van der Waals surface area contributed by atoms with E-state index in [1.807, 2.05) is 12.1 Å². The van der Waals surface area contributed by atoms with Gasteiger partial charge in [0.05, 0.1) is 0 Å². The molecule has 2 aliphatic rings. The van der Waals surface area contributed by atoms with Crippen LogP contribution in [0.1, 0.15) is 31.7 Å². The zero-order valence-electron chi connectivity index (χ0n) is 13.6. The Bertz CT molecular complexity index is 470. The number of nitrogens with zero attached hydrogens (tertiary/aromatic N) is 1. The van der Waals surface area contributed by atoms with Crippen LogP contribution in [0.3, 0.4) is 0 Å². The Morgan fingerprint density at radius 3 is 2.86 bits per heavy atom. The van der Waals surface area contributed by atoms with E-state index in [2.05, 4.69) is 23.2 Å². The average molecular weight is 304 g/mol. The molecule has 0 atom stereocenters. The monoisotopic (exact) mass is 304 g/mol. The molecule has 0 radical (unpaired) electrons. The SMILES string of the molecule is CC1CCN(CCCNCc2cccc3c2OCCO3)CC1. The molecular formula is C18H28N2O2. The van der Waals surface area contributed by atoms with E-state index in [1.165, 1.54) is 44.5 Å². The summed E-state index contributed by atoms with van der Waals surface area (Å²) < 4.78 is 11.4. The minimum atomic E-state index is 0.650. The highest BCUT2D eigenvalue weighted by atomic mass is 16.6. The molecule has 0 unspecified atom stereocenters. The van der Waals surface area contributed by atoms with Gasteiger partial charge in [0.1, 0.15) is 13.2 Å². The Kier molecular flexibility index (Phi) is 5.57. The van der Waals surface area contributed by atoms with Gasteiger partial charge in [-0.1, -0.05) is 19.1 Å². The summed E-state index contributed by atoms with van der Waals surface area (Å²) in [5.74, 6) is 2.72. The van der Waals surface area contributed by atoms with Gasteiger partial charge in [0.2, 0.25) is 0 Å². The maximum Gasteiger partial charge on any atom is 0.165 e. The molecule has 2 heterocycles. The van der Waals surface area contributed by atoms with Crippen LogP contribution in [0.15, 0.2) is 18.2 Å². The van der Waals surface area contributed by atoms with Crippen molar-refractivity contribution in [1.82, 2.24) is 10.2 Å². The number of rotatable bonds is 6. The van der Waals surface area contributed by atoms with Gasteiger partial charge in [0.15, 0.2) is 11.5 Å². The molecule has 0 aromatic heterocycles. The third kappa shape index (κ3) is 4.14. The summed E-state index contributed by atoms with van der Waals surface area (Å²) in [4.78, 5) is 2.60. The summed E-state index contributed by atoms with van der Waals surface area (Å²) in [5, 5.41) is 3.54. The molecule has 1 aromatic carbocycles. The first-order valence-electron chi connectivity index (χ1n) is 8.63. The van der Waals surface area contributed by atoms with E-state index in [-0.39, 0.29) is 0 Å². The first-order chi connectivity index (χ1) is 10.8. The fourth-order valence-electron chi connectivity index (χ4n) is 3.21. The lowest BCUT2D eigenvalue weighted by Gasteiger charge is -2.30. The van der Waals surface area contributed by atoms with Crippen molar-refractivity contribution >= 4 is 0 Å². The van der Waals surface area contributed by atoms with Crippen LogP contribution in [-0.4, -0.2) is 44.3 Å². The summed E-state index contributed by atoms with van der Waals surface area (Å²) in [5.41, 5.74) is 1.20. The predicted molar refractivity (Wildman–Crippen MR) is 88.6 cm³/mol. The summed E-state index contributed by atoms with van der Waals surface area (Å²) in [6, 6.07) is 6.14. The van der Waals surface area contributed by atoms with Crippen molar-refractivity contribution < 1.29 is 9.47 Å². The number of ether oxygens (including phenoxy) is 2. The van der Waals surface area contributed by atoms with E-state index in [1.54, 1.807) is 0 Å². The van der Waals surface area contributed by atoms with Gasteiger partial charge in [-0.2, -0.15) is 0 Å². The van der Waals surface area contributed by atoms with E-state index in [4.69, 9.17) is 9.47 Å². The van der Waals surface area contributed by atoms with Crippen LogP contribution < -0.4 is 14.8 Å². The van der Waals surface area contributed by atoms with Crippen molar-refractivity contribution in [2.24, 2.45) is 5.92 Å². The van der Waals surface area contributed by atoms with Crippen LogP contribution in [0.4, 0.5) is 0 Å². The molecule has 4 heteroatoms. The van der Waals surface area contributed by atoms with Crippen molar-refractivity contribution in [3.8, 4) is 11.5 Å². The molecule has 0 spiro atoms. The molecule has 3 rings (SSSR count). The number of para-hydroxylation sites is 1. The second-order valence-corrected chi connectivity index (χ2v) is 6.50. The third-order valence-electron chi connectivity index (χ3n) is 4.67. The Hall–Kier alpha value is -1.26. The molecule has 0 amide bonds. The number of piperidine rings is 1. The molecule has 22 heavy (non-hydrogen) atoms. The molecule has 1 aromatic rings. The second kappa shape index (κ2) is 7.84. The quantitative estimate of drug-likeness (QED) is 0.819. The van der Waals surface area contributed by atoms with Gasteiger partial charge >= 0.3 is 0 Å². The molecule has 1 N–H and O–H groups in total. The molecule has 4 nitrogen and oxygen atoms in total. The summed E-state index contributed by atoms with van der Waals surface area (Å²) >= 11 is 0. The van der Waals surface area contributed by atoms with Gasteiger partial charge in [0, 0.05) is 12.1 Å². The van der Waals surface area contributed by atoms with E-state index < -0.39 is 0 Å². The molecule has 0 bridgehead atoms. The fourth-order valence-corrected chi connectivity index (χ4v) is 3.21. The number of benzene rings is 1. The van der Waals surface area contributed by atoms with Crippen molar-refractivity contribution in [3.63, 3.8) is 0 Å². The van der Waals surface area contributed by atoms with Crippen LogP contribution in [0.5, 0.6) is 11.5 Å². The van der Waals surface area contributed by atoms with Crippen LogP contribution in [0.2, 0.25) is 0 Å². The second-order valence-electron chi connectivity index (χ2n) is 6.50. The molecule has 122 valence electrons. The van der Waals surface area contributed by atoms with Crippen LogP contribution in [0.25, 0.3) is 0 Å². The van der Waals surface area contributed by atoms with Gasteiger partial charge in [-0.3, -0.25) is 0 Å². The largest absolute Gasteiger partial charge is 0.486 e. The molecule has 2 aliphatic heterocycles. The van der Waals surface area contributed by atoms with Crippen LogP contribution in [0, 0.1) is 5.92 Å². The molecule has 0 aliphatic carbocycles. The fraction of sp³-hybridized carbons (Fsp3) is 0.667. The van der Waals surface area contributed by atoms with E-state index in [0.29, 0.717) is 13.2 Å². The molecule has 0 saturated carbocycles. The Labute approximate surface area is 133 Å². The number of hydrogen-bond donors (Lipinski definition) is 1. The van der Waals surface area contributed by atoms with E-state index >= 15 is 0 Å². The minimum absolute atomic E-state index is 0.650. The summed E-state index contributed by atoms with van der Waals surface area (Å²) in [6.07, 6.45) is 3.93. The normalized spacial score (nSPS) is 19.3.